The Labute approximate surface area is 174 Å². The number of aliphatic hydroxyl groups is 1. The summed E-state index contributed by atoms with van der Waals surface area (Å²) in [6.07, 6.45) is 5.37. The summed E-state index contributed by atoms with van der Waals surface area (Å²) >= 11 is 0. The first-order valence-corrected chi connectivity index (χ1v) is 10.3. The molecule has 1 aliphatic rings. The molecule has 1 N–H and O–H groups in total. The van der Waals surface area contributed by atoms with Crippen molar-refractivity contribution in [3.63, 3.8) is 0 Å². The van der Waals surface area contributed by atoms with Crippen molar-refractivity contribution in [3.05, 3.63) is 83.4 Å². The molecule has 0 aliphatic heterocycles. The van der Waals surface area contributed by atoms with Crippen LogP contribution < -0.4 is 4.74 Å². The Balaban J connectivity index is 1.63. The third kappa shape index (κ3) is 6.11. The molecule has 0 bridgehead atoms. The van der Waals surface area contributed by atoms with E-state index in [2.05, 4.69) is 60.9 Å². The molecular weight excluding hydrogens is 356 g/mol. The van der Waals surface area contributed by atoms with E-state index in [0.29, 0.717) is 6.61 Å². The molecule has 2 unspecified atom stereocenters. The second-order valence-corrected chi connectivity index (χ2v) is 7.82. The van der Waals surface area contributed by atoms with Crippen molar-refractivity contribution in [3.8, 4) is 17.6 Å². The van der Waals surface area contributed by atoms with Crippen molar-refractivity contribution >= 4 is 5.57 Å². The molecule has 3 rings (SSSR count). The number of aliphatic hydroxyl groups excluding tert-OH is 1. The van der Waals surface area contributed by atoms with Crippen molar-refractivity contribution in [2.75, 3.05) is 0 Å². The summed E-state index contributed by atoms with van der Waals surface area (Å²) in [5, 5.41) is 9.69. The molecule has 0 fully saturated rings. The quantitative estimate of drug-likeness (QED) is 0.449. The van der Waals surface area contributed by atoms with Gasteiger partial charge in [-0.05, 0) is 80.0 Å². The summed E-state index contributed by atoms with van der Waals surface area (Å²) in [6.45, 7) is 8.47. The Hall–Kier alpha value is -2.76. The van der Waals surface area contributed by atoms with Gasteiger partial charge in [-0.1, -0.05) is 47.9 Å². The van der Waals surface area contributed by atoms with Crippen LogP contribution in [0.4, 0.5) is 0 Å². The van der Waals surface area contributed by atoms with Crippen LogP contribution in [0.1, 0.15) is 62.1 Å². The fraction of sp³-hybridized carbons (Fsp3) is 0.333. The van der Waals surface area contributed by atoms with Gasteiger partial charge in [0.05, 0.1) is 6.10 Å². The van der Waals surface area contributed by atoms with Gasteiger partial charge in [-0.2, -0.15) is 0 Å². The highest BCUT2D eigenvalue weighted by Crippen LogP contribution is 2.28. The lowest BCUT2D eigenvalue weighted by molar-refractivity contribution is 0.166. The number of allylic oxidation sites excluding steroid dienone is 2. The van der Waals surface area contributed by atoms with Gasteiger partial charge in [-0.15, -0.1) is 12.5 Å². The minimum atomic E-state index is -0.188. The number of ether oxygens (including phenoxy) is 1. The van der Waals surface area contributed by atoms with Gasteiger partial charge in [0.2, 0.25) is 0 Å². The molecule has 0 saturated carbocycles. The van der Waals surface area contributed by atoms with Crippen LogP contribution in [0.25, 0.3) is 5.57 Å². The van der Waals surface area contributed by atoms with Gasteiger partial charge in [0.1, 0.15) is 12.4 Å². The van der Waals surface area contributed by atoms with Gasteiger partial charge in [-0.3, -0.25) is 0 Å². The highest BCUT2D eigenvalue weighted by molar-refractivity contribution is 5.66. The van der Waals surface area contributed by atoms with E-state index < -0.39 is 0 Å². The van der Waals surface area contributed by atoms with Gasteiger partial charge >= 0.3 is 0 Å². The van der Waals surface area contributed by atoms with E-state index in [1.54, 1.807) is 0 Å². The van der Waals surface area contributed by atoms with Gasteiger partial charge in [0.25, 0.3) is 0 Å². The molecule has 0 heterocycles. The van der Waals surface area contributed by atoms with E-state index in [9.17, 15) is 5.11 Å². The Morgan fingerprint density at radius 1 is 1.24 bits per heavy atom. The summed E-state index contributed by atoms with van der Waals surface area (Å²) in [5.74, 6) is 7.35. The SMILES string of the molecule is C=C(C)CC(C#CC)c1ccc(OCc2cccc(C3=CCC(O)CC3)c2)cc1. The van der Waals surface area contributed by atoms with E-state index in [1.165, 1.54) is 16.7 Å². The van der Waals surface area contributed by atoms with Crippen LogP contribution in [-0.4, -0.2) is 11.2 Å². The molecule has 0 spiro atoms. The maximum atomic E-state index is 9.69. The zero-order chi connectivity index (χ0) is 20.6. The van der Waals surface area contributed by atoms with Crippen LogP contribution in [0, 0.1) is 11.8 Å². The van der Waals surface area contributed by atoms with Crippen LogP contribution in [0.2, 0.25) is 0 Å². The van der Waals surface area contributed by atoms with Crippen LogP contribution in [-0.2, 0) is 6.61 Å². The lowest BCUT2D eigenvalue weighted by atomic mass is 9.91. The van der Waals surface area contributed by atoms with E-state index in [0.717, 1.165) is 42.6 Å². The largest absolute Gasteiger partial charge is 0.489 e. The predicted octanol–water partition coefficient (Wildman–Crippen LogP) is 6.27. The molecule has 2 heteroatoms. The van der Waals surface area contributed by atoms with Crippen LogP contribution in [0.15, 0.2) is 66.8 Å². The third-order valence-corrected chi connectivity index (χ3v) is 5.24. The first-order chi connectivity index (χ1) is 14.0. The van der Waals surface area contributed by atoms with E-state index in [4.69, 9.17) is 4.74 Å². The van der Waals surface area contributed by atoms with Crippen molar-refractivity contribution in [2.45, 2.75) is 58.2 Å². The van der Waals surface area contributed by atoms with Crippen molar-refractivity contribution < 1.29 is 9.84 Å². The molecule has 1 aliphatic carbocycles. The maximum absolute atomic E-state index is 9.69. The molecule has 0 radical (unpaired) electrons. The smallest absolute Gasteiger partial charge is 0.119 e. The number of rotatable bonds is 7. The molecule has 150 valence electrons. The Bertz CT molecular complexity index is 925. The van der Waals surface area contributed by atoms with Gasteiger partial charge in [0, 0.05) is 5.92 Å². The lowest BCUT2D eigenvalue weighted by Crippen LogP contribution is -2.09. The molecule has 0 aromatic heterocycles. The zero-order valence-electron chi connectivity index (χ0n) is 17.4. The minimum Gasteiger partial charge on any atom is -0.489 e. The van der Waals surface area contributed by atoms with Crippen LogP contribution in [0.5, 0.6) is 5.75 Å². The standard InChI is InChI=1S/C27H30O2/c1-4-6-24(17-20(2)3)23-11-15-27(16-12-23)29-19-21-7-5-8-25(18-21)22-9-13-26(28)14-10-22/h5,7-9,11-12,15-16,18,24,26,28H,2,10,13-14,17,19H2,1,3H3. The van der Waals surface area contributed by atoms with Gasteiger partial charge < -0.3 is 9.84 Å². The summed E-state index contributed by atoms with van der Waals surface area (Å²) < 4.78 is 6.01. The summed E-state index contributed by atoms with van der Waals surface area (Å²) in [7, 11) is 0. The van der Waals surface area contributed by atoms with Crippen LogP contribution >= 0.6 is 0 Å². The highest BCUT2D eigenvalue weighted by Gasteiger charge is 2.13. The third-order valence-electron chi connectivity index (χ3n) is 5.24. The molecule has 0 amide bonds. The van der Waals surface area contributed by atoms with Gasteiger partial charge in [-0.25, -0.2) is 0 Å². The van der Waals surface area contributed by atoms with Crippen molar-refractivity contribution in [2.24, 2.45) is 0 Å². The Morgan fingerprint density at radius 2 is 2.03 bits per heavy atom. The minimum absolute atomic E-state index is 0.186. The molecule has 2 nitrogen and oxygen atoms in total. The second kappa shape index (κ2) is 10.1. The number of benzene rings is 2. The molecule has 2 aromatic carbocycles. The Morgan fingerprint density at radius 3 is 2.69 bits per heavy atom. The number of hydrogen-bond acceptors (Lipinski definition) is 2. The second-order valence-electron chi connectivity index (χ2n) is 7.82. The van der Waals surface area contributed by atoms with E-state index >= 15 is 0 Å². The summed E-state index contributed by atoms with van der Waals surface area (Å²) in [6, 6.07) is 16.7. The van der Waals surface area contributed by atoms with Crippen molar-refractivity contribution in [1.82, 2.24) is 0 Å². The van der Waals surface area contributed by atoms with Gasteiger partial charge in [0.15, 0.2) is 0 Å². The summed E-state index contributed by atoms with van der Waals surface area (Å²) in [4.78, 5) is 0. The summed E-state index contributed by atoms with van der Waals surface area (Å²) in [5.41, 5.74) is 6.04. The fourth-order valence-electron chi connectivity index (χ4n) is 3.68. The van der Waals surface area contributed by atoms with Crippen molar-refractivity contribution in [1.29, 1.82) is 0 Å². The monoisotopic (exact) mass is 386 g/mol. The van der Waals surface area contributed by atoms with Crippen LogP contribution in [0.3, 0.4) is 0 Å². The lowest BCUT2D eigenvalue weighted by Gasteiger charge is -2.18. The molecule has 0 saturated heterocycles. The topological polar surface area (TPSA) is 29.5 Å². The fourth-order valence-corrected chi connectivity index (χ4v) is 3.68. The average molecular weight is 387 g/mol. The average Bonchev–Trinajstić information content (AvgIpc) is 2.73. The first-order valence-electron chi connectivity index (χ1n) is 10.3. The molecule has 29 heavy (non-hydrogen) atoms. The highest BCUT2D eigenvalue weighted by atomic mass is 16.5. The normalized spacial score (nSPS) is 16.9. The maximum Gasteiger partial charge on any atom is 0.119 e. The predicted molar refractivity (Wildman–Crippen MR) is 121 cm³/mol. The molecular formula is C27H30O2. The van der Waals surface area contributed by atoms with E-state index in [-0.39, 0.29) is 12.0 Å². The first kappa shape index (κ1) is 21.0. The molecule has 2 atom stereocenters. The van der Waals surface area contributed by atoms with E-state index in [1.807, 2.05) is 26.0 Å². The number of hydrogen-bond donors (Lipinski definition) is 1. The molecule has 2 aromatic rings. The Kier molecular flexibility index (Phi) is 7.33. The zero-order valence-corrected chi connectivity index (χ0v) is 17.4.